The largest absolute Gasteiger partial charge is 0.361 e. The van der Waals surface area contributed by atoms with E-state index in [2.05, 4.69) is 4.98 Å². The molecule has 114 valence electrons. The summed E-state index contributed by atoms with van der Waals surface area (Å²) in [7, 11) is -3.56. The van der Waals surface area contributed by atoms with Gasteiger partial charge in [0.25, 0.3) is 10.0 Å². The molecule has 0 radical (unpaired) electrons. The number of aromatic amines is 1. The van der Waals surface area contributed by atoms with Crippen LogP contribution in [0.5, 0.6) is 0 Å². The lowest BCUT2D eigenvalue weighted by atomic mass is 10.1. The van der Waals surface area contributed by atoms with Gasteiger partial charge in [-0.25, -0.2) is 12.4 Å². The van der Waals surface area contributed by atoms with Gasteiger partial charge in [-0.3, -0.25) is 0 Å². The third-order valence-corrected chi connectivity index (χ3v) is 5.54. The Morgan fingerprint density at radius 2 is 1.61 bits per heavy atom. The normalized spacial score (nSPS) is 11.8. The van der Waals surface area contributed by atoms with E-state index in [1.807, 2.05) is 36.5 Å². The highest BCUT2D eigenvalue weighted by Gasteiger charge is 2.17. The van der Waals surface area contributed by atoms with Gasteiger partial charge in [-0.05, 0) is 24.3 Å². The van der Waals surface area contributed by atoms with Gasteiger partial charge in [0.1, 0.15) is 0 Å². The molecule has 2 aromatic heterocycles. The molecular weight excluding hydrogens is 308 g/mol. The number of nitrogens with zero attached hydrogens (tertiary/aromatic N) is 1. The smallest absolute Gasteiger partial charge is 0.267 e. The van der Waals surface area contributed by atoms with Gasteiger partial charge in [-0.1, -0.05) is 36.4 Å². The SMILES string of the molecule is O=S(=O)(c1ccccc1)n1ccc(-c2c[nH]c3ccccc23)c1. The number of aromatic nitrogens is 2. The minimum Gasteiger partial charge on any atom is -0.361 e. The van der Waals surface area contributed by atoms with E-state index in [9.17, 15) is 8.42 Å². The van der Waals surface area contributed by atoms with Crippen LogP contribution in [-0.2, 0) is 10.0 Å². The zero-order valence-corrected chi connectivity index (χ0v) is 13.0. The molecule has 0 bridgehead atoms. The minimum atomic E-state index is -3.56. The Balaban J connectivity index is 1.81. The molecule has 0 aliphatic carbocycles. The van der Waals surface area contributed by atoms with Crippen LogP contribution in [0, 0.1) is 0 Å². The van der Waals surface area contributed by atoms with Crippen LogP contribution in [0.1, 0.15) is 0 Å². The Hall–Kier alpha value is -2.79. The predicted molar refractivity (Wildman–Crippen MR) is 90.8 cm³/mol. The van der Waals surface area contributed by atoms with Crippen molar-refractivity contribution < 1.29 is 8.42 Å². The van der Waals surface area contributed by atoms with E-state index in [0.717, 1.165) is 22.0 Å². The fourth-order valence-corrected chi connectivity index (χ4v) is 3.93. The van der Waals surface area contributed by atoms with Crippen LogP contribution in [0.3, 0.4) is 0 Å². The van der Waals surface area contributed by atoms with Gasteiger partial charge in [0.05, 0.1) is 4.90 Å². The quantitative estimate of drug-likeness (QED) is 0.622. The van der Waals surface area contributed by atoms with Crippen LogP contribution in [-0.4, -0.2) is 17.4 Å². The summed E-state index contributed by atoms with van der Waals surface area (Å²) in [6.07, 6.45) is 5.14. The van der Waals surface area contributed by atoms with Gasteiger partial charge in [0, 0.05) is 40.6 Å². The van der Waals surface area contributed by atoms with Crippen molar-refractivity contribution in [3.8, 4) is 11.1 Å². The predicted octanol–water partition coefficient (Wildman–Crippen LogP) is 3.87. The maximum Gasteiger partial charge on any atom is 0.267 e. The molecular formula is C18H14N2O2S. The third kappa shape index (κ3) is 2.26. The molecule has 0 saturated heterocycles. The molecule has 4 rings (SSSR count). The lowest BCUT2D eigenvalue weighted by Crippen LogP contribution is -2.10. The van der Waals surface area contributed by atoms with E-state index in [1.165, 1.54) is 3.97 Å². The van der Waals surface area contributed by atoms with E-state index in [-0.39, 0.29) is 4.90 Å². The lowest BCUT2D eigenvalue weighted by Gasteiger charge is -2.04. The zero-order chi connectivity index (χ0) is 15.9. The van der Waals surface area contributed by atoms with Crippen LogP contribution in [0.25, 0.3) is 22.0 Å². The van der Waals surface area contributed by atoms with E-state index in [4.69, 9.17) is 0 Å². The van der Waals surface area contributed by atoms with E-state index < -0.39 is 10.0 Å². The summed E-state index contributed by atoms with van der Waals surface area (Å²) in [4.78, 5) is 3.49. The highest BCUT2D eigenvalue weighted by molar-refractivity contribution is 7.90. The first-order valence-electron chi connectivity index (χ1n) is 7.21. The van der Waals surface area contributed by atoms with Crippen molar-refractivity contribution in [1.29, 1.82) is 0 Å². The van der Waals surface area contributed by atoms with Crippen molar-refractivity contribution in [2.45, 2.75) is 4.90 Å². The van der Waals surface area contributed by atoms with Gasteiger partial charge in [-0.15, -0.1) is 0 Å². The molecule has 4 nitrogen and oxygen atoms in total. The molecule has 0 aliphatic heterocycles. The number of H-pyrrole nitrogens is 1. The highest BCUT2D eigenvalue weighted by Crippen LogP contribution is 2.29. The van der Waals surface area contributed by atoms with E-state index in [1.54, 1.807) is 42.7 Å². The standard InChI is InChI=1S/C18H14N2O2S/c21-23(22,15-6-2-1-3-7-15)20-11-10-14(13-20)17-12-19-18-9-5-4-8-16(17)18/h1-13,19H. The van der Waals surface area contributed by atoms with Gasteiger partial charge < -0.3 is 4.98 Å². The highest BCUT2D eigenvalue weighted by atomic mass is 32.2. The Morgan fingerprint density at radius 1 is 0.870 bits per heavy atom. The molecule has 1 N–H and O–H groups in total. The molecule has 2 heterocycles. The number of rotatable bonds is 3. The summed E-state index contributed by atoms with van der Waals surface area (Å²) in [5, 5.41) is 1.07. The average Bonchev–Trinajstić information content (AvgIpc) is 3.22. The first-order valence-corrected chi connectivity index (χ1v) is 8.65. The second-order valence-electron chi connectivity index (χ2n) is 5.30. The molecule has 0 aliphatic rings. The lowest BCUT2D eigenvalue weighted by molar-refractivity contribution is 0.587. The molecule has 0 unspecified atom stereocenters. The van der Waals surface area contributed by atoms with Crippen molar-refractivity contribution in [1.82, 2.24) is 8.96 Å². The van der Waals surface area contributed by atoms with Gasteiger partial charge in [0.2, 0.25) is 0 Å². The second kappa shape index (κ2) is 5.14. The van der Waals surface area contributed by atoms with E-state index in [0.29, 0.717) is 0 Å². The van der Waals surface area contributed by atoms with Crippen LogP contribution in [0.2, 0.25) is 0 Å². The summed E-state index contributed by atoms with van der Waals surface area (Å²) in [5.74, 6) is 0. The van der Waals surface area contributed by atoms with Crippen LogP contribution < -0.4 is 0 Å². The summed E-state index contributed by atoms with van der Waals surface area (Å²) in [6.45, 7) is 0. The third-order valence-electron chi connectivity index (χ3n) is 3.89. The first kappa shape index (κ1) is 13.8. The summed E-state index contributed by atoms with van der Waals surface area (Å²) in [6, 6.07) is 18.2. The molecule has 5 heteroatoms. The minimum absolute atomic E-state index is 0.279. The first-order chi connectivity index (χ1) is 11.2. The molecule has 23 heavy (non-hydrogen) atoms. The van der Waals surface area contributed by atoms with Crippen molar-refractivity contribution >= 4 is 20.9 Å². The Labute approximate surface area is 134 Å². The summed E-state index contributed by atoms with van der Waals surface area (Å²) < 4.78 is 26.5. The number of hydrogen-bond donors (Lipinski definition) is 1. The van der Waals surface area contributed by atoms with Gasteiger partial charge in [-0.2, -0.15) is 0 Å². The maximum absolute atomic E-state index is 12.6. The molecule has 0 spiro atoms. The summed E-state index contributed by atoms with van der Waals surface area (Å²) in [5.41, 5.74) is 2.88. The van der Waals surface area contributed by atoms with Crippen molar-refractivity contribution in [3.63, 3.8) is 0 Å². The van der Waals surface area contributed by atoms with Crippen molar-refractivity contribution in [2.24, 2.45) is 0 Å². The number of nitrogens with one attached hydrogen (secondary N) is 1. The Bertz CT molecular complexity index is 1080. The zero-order valence-electron chi connectivity index (χ0n) is 12.2. The van der Waals surface area contributed by atoms with Crippen LogP contribution in [0.15, 0.2) is 84.1 Å². The number of para-hydroxylation sites is 1. The van der Waals surface area contributed by atoms with Crippen LogP contribution in [0.4, 0.5) is 0 Å². The van der Waals surface area contributed by atoms with Gasteiger partial charge in [0.15, 0.2) is 0 Å². The molecule has 4 aromatic rings. The van der Waals surface area contributed by atoms with E-state index >= 15 is 0 Å². The monoisotopic (exact) mass is 322 g/mol. The molecule has 0 saturated carbocycles. The topological polar surface area (TPSA) is 54.9 Å². The Morgan fingerprint density at radius 3 is 2.43 bits per heavy atom. The average molecular weight is 322 g/mol. The molecule has 0 atom stereocenters. The molecule has 2 aromatic carbocycles. The molecule has 0 amide bonds. The van der Waals surface area contributed by atoms with Crippen LogP contribution >= 0.6 is 0 Å². The Kier molecular flexibility index (Phi) is 3.09. The number of hydrogen-bond acceptors (Lipinski definition) is 2. The van der Waals surface area contributed by atoms with Gasteiger partial charge >= 0.3 is 0 Å². The fourth-order valence-electron chi connectivity index (χ4n) is 2.71. The van der Waals surface area contributed by atoms with Crippen molar-refractivity contribution in [2.75, 3.05) is 0 Å². The van der Waals surface area contributed by atoms with Crippen molar-refractivity contribution in [3.05, 3.63) is 79.3 Å². The molecule has 0 fully saturated rings. The maximum atomic E-state index is 12.6. The number of benzene rings is 2. The summed E-state index contributed by atoms with van der Waals surface area (Å²) >= 11 is 0. The number of fused-ring (bicyclic) bond motifs is 1. The second-order valence-corrected chi connectivity index (χ2v) is 7.14. The fraction of sp³-hybridized carbons (Fsp3) is 0.